The van der Waals surface area contributed by atoms with Crippen molar-refractivity contribution in [3.63, 3.8) is 0 Å². The third-order valence-electron chi connectivity index (χ3n) is 4.49. The Bertz CT molecular complexity index is 1080. The predicted molar refractivity (Wildman–Crippen MR) is 108 cm³/mol. The van der Waals surface area contributed by atoms with Crippen LogP contribution in [-0.2, 0) is 6.54 Å². The average Bonchev–Trinajstić information content (AvgIpc) is 3.29. The smallest absolute Gasteiger partial charge is 0.250 e. The quantitative estimate of drug-likeness (QED) is 0.571. The van der Waals surface area contributed by atoms with Crippen molar-refractivity contribution in [3.05, 3.63) is 83.1 Å². The van der Waals surface area contributed by atoms with Gasteiger partial charge in [-0.05, 0) is 30.7 Å². The maximum atomic E-state index is 11.9. The van der Waals surface area contributed by atoms with Gasteiger partial charge in [-0.1, -0.05) is 30.3 Å². The molecule has 1 amide bonds. The second-order valence-electron chi connectivity index (χ2n) is 6.24. The van der Waals surface area contributed by atoms with E-state index >= 15 is 0 Å². The molecule has 0 unspecified atom stereocenters. The van der Waals surface area contributed by atoms with Crippen LogP contribution < -0.4 is 5.73 Å². The zero-order chi connectivity index (χ0) is 18.8. The van der Waals surface area contributed by atoms with Gasteiger partial charge < -0.3 is 10.3 Å². The summed E-state index contributed by atoms with van der Waals surface area (Å²) in [4.78, 5) is 20.8. The molecular weight excluding hydrogens is 356 g/mol. The Morgan fingerprint density at radius 3 is 2.70 bits per heavy atom. The number of amides is 1. The van der Waals surface area contributed by atoms with Gasteiger partial charge in [0.15, 0.2) is 0 Å². The van der Waals surface area contributed by atoms with Gasteiger partial charge in [-0.15, -0.1) is 11.3 Å². The third-order valence-corrected chi connectivity index (χ3v) is 5.38. The van der Waals surface area contributed by atoms with Crippen LogP contribution in [0.15, 0.2) is 66.3 Å². The van der Waals surface area contributed by atoms with Gasteiger partial charge in [0.2, 0.25) is 0 Å². The lowest BCUT2D eigenvalue weighted by atomic mass is 10.2. The van der Waals surface area contributed by atoms with Crippen molar-refractivity contribution in [2.24, 2.45) is 5.73 Å². The maximum absolute atomic E-state index is 11.9. The predicted octanol–water partition coefficient (Wildman–Crippen LogP) is 4.13. The SMILES string of the molecule is Cc1c(C(N)=O)cc(-c2csc(-c3cccnc3)n2)n1Cc1ccccc1. The van der Waals surface area contributed by atoms with E-state index < -0.39 is 5.91 Å². The van der Waals surface area contributed by atoms with Crippen molar-refractivity contribution in [2.45, 2.75) is 13.5 Å². The lowest BCUT2D eigenvalue weighted by molar-refractivity contribution is 0.0999. The van der Waals surface area contributed by atoms with E-state index in [4.69, 9.17) is 10.7 Å². The van der Waals surface area contributed by atoms with E-state index in [-0.39, 0.29) is 0 Å². The Kier molecular flexibility index (Phi) is 4.56. The normalized spacial score (nSPS) is 10.9. The minimum atomic E-state index is -0.428. The van der Waals surface area contributed by atoms with Crippen LogP contribution in [0.3, 0.4) is 0 Å². The highest BCUT2D eigenvalue weighted by molar-refractivity contribution is 7.13. The summed E-state index contributed by atoms with van der Waals surface area (Å²) in [6.45, 7) is 2.57. The number of nitrogens with two attached hydrogens (primary N) is 1. The van der Waals surface area contributed by atoms with Gasteiger partial charge in [0, 0.05) is 35.6 Å². The number of primary amides is 1. The van der Waals surface area contributed by atoms with E-state index in [0.717, 1.165) is 33.2 Å². The molecule has 3 heterocycles. The second-order valence-corrected chi connectivity index (χ2v) is 7.10. The van der Waals surface area contributed by atoms with Crippen molar-refractivity contribution in [2.75, 3.05) is 0 Å². The first kappa shape index (κ1) is 17.2. The van der Waals surface area contributed by atoms with Crippen LogP contribution in [0.4, 0.5) is 0 Å². The Hall–Kier alpha value is -3.25. The van der Waals surface area contributed by atoms with E-state index in [1.165, 1.54) is 0 Å². The standard InChI is InChI=1S/C21H18N4OS/c1-14-17(20(22)26)10-19(25(14)12-15-6-3-2-4-7-15)18-13-27-21(24-18)16-8-5-9-23-11-16/h2-11,13H,12H2,1H3,(H2,22,26). The second kappa shape index (κ2) is 7.17. The lowest BCUT2D eigenvalue weighted by Crippen LogP contribution is -2.12. The Balaban J connectivity index is 1.79. The Morgan fingerprint density at radius 2 is 2.00 bits per heavy atom. The molecule has 5 nitrogen and oxygen atoms in total. The molecule has 1 aromatic carbocycles. The number of aromatic nitrogens is 3. The van der Waals surface area contributed by atoms with E-state index in [9.17, 15) is 4.79 Å². The van der Waals surface area contributed by atoms with Crippen molar-refractivity contribution < 1.29 is 4.79 Å². The summed E-state index contributed by atoms with van der Waals surface area (Å²) in [6.07, 6.45) is 3.54. The molecule has 27 heavy (non-hydrogen) atoms. The molecule has 0 saturated carbocycles. The average molecular weight is 374 g/mol. The molecular formula is C21H18N4OS. The zero-order valence-corrected chi connectivity index (χ0v) is 15.6. The fraction of sp³-hybridized carbons (Fsp3) is 0.0952. The summed E-state index contributed by atoms with van der Waals surface area (Å²) in [5, 5.41) is 2.90. The molecule has 0 bridgehead atoms. The van der Waals surface area contributed by atoms with Gasteiger partial charge >= 0.3 is 0 Å². The van der Waals surface area contributed by atoms with Gasteiger partial charge in [-0.2, -0.15) is 0 Å². The number of thiazole rings is 1. The monoisotopic (exact) mass is 374 g/mol. The molecule has 2 N–H and O–H groups in total. The van der Waals surface area contributed by atoms with Crippen LogP contribution in [-0.4, -0.2) is 20.4 Å². The topological polar surface area (TPSA) is 73.8 Å². The number of pyridine rings is 1. The zero-order valence-electron chi connectivity index (χ0n) is 14.8. The van der Waals surface area contributed by atoms with Crippen molar-refractivity contribution in [1.29, 1.82) is 0 Å². The van der Waals surface area contributed by atoms with Gasteiger partial charge in [-0.25, -0.2) is 4.98 Å². The third kappa shape index (κ3) is 3.39. The largest absolute Gasteiger partial charge is 0.366 e. The number of rotatable bonds is 5. The van der Waals surface area contributed by atoms with Gasteiger partial charge in [0.05, 0.1) is 17.0 Å². The van der Waals surface area contributed by atoms with Crippen LogP contribution in [0.2, 0.25) is 0 Å². The minimum Gasteiger partial charge on any atom is -0.366 e. The van der Waals surface area contributed by atoms with Gasteiger partial charge in [0.1, 0.15) is 5.01 Å². The van der Waals surface area contributed by atoms with Crippen LogP contribution in [0.25, 0.3) is 22.0 Å². The van der Waals surface area contributed by atoms with E-state index in [0.29, 0.717) is 12.1 Å². The summed E-state index contributed by atoms with van der Waals surface area (Å²) in [7, 11) is 0. The number of carbonyl (C=O) groups excluding carboxylic acids is 1. The van der Waals surface area contributed by atoms with E-state index in [1.54, 1.807) is 23.7 Å². The van der Waals surface area contributed by atoms with Crippen LogP contribution in [0, 0.1) is 6.92 Å². The molecule has 4 rings (SSSR count). The first-order valence-electron chi connectivity index (χ1n) is 8.53. The molecule has 0 aliphatic rings. The van der Waals surface area contributed by atoms with Gasteiger partial charge in [0.25, 0.3) is 5.91 Å². The van der Waals surface area contributed by atoms with Crippen LogP contribution in [0.1, 0.15) is 21.6 Å². The number of hydrogen-bond acceptors (Lipinski definition) is 4. The number of carbonyl (C=O) groups is 1. The van der Waals surface area contributed by atoms with Crippen molar-refractivity contribution >= 4 is 17.2 Å². The molecule has 0 spiro atoms. The maximum Gasteiger partial charge on any atom is 0.250 e. The lowest BCUT2D eigenvalue weighted by Gasteiger charge is -2.11. The molecule has 6 heteroatoms. The minimum absolute atomic E-state index is 0.428. The van der Waals surface area contributed by atoms with Gasteiger partial charge in [-0.3, -0.25) is 9.78 Å². The molecule has 134 valence electrons. The van der Waals surface area contributed by atoms with Crippen LogP contribution in [0.5, 0.6) is 0 Å². The highest BCUT2D eigenvalue weighted by atomic mass is 32.1. The molecule has 0 aliphatic carbocycles. The van der Waals surface area contributed by atoms with E-state index in [2.05, 4.69) is 21.7 Å². The fourth-order valence-corrected chi connectivity index (χ4v) is 3.89. The first-order chi connectivity index (χ1) is 13.1. The summed E-state index contributed by atoms with van der Waals surface area (Å²) >= 11 is 1.56. The van der Waals surface area contributed by atoms with E-state index in [1.807, 2.05) is 48.7 Å². The Labute approximate surface area is 161 Å². The molecule has 4 aromatic rings. The van der Waals surface area contributed by atoms with Crippen molar-refractivity contribution in [3.8, 4) is 22.0 Å². The summed E-state index contributed by atoms with van der Waals surface area (Å²) in [5.74, 6) is -0.428. The number of benzene rings is 1. The summed E-state index contributed by atoms with van der Waals surface area (Å²) < 4.78 is 2.09. The number of nitrogens with zero attached hydrogens (tertiary/aromatic N) is 3. The highest BCUT2D eigenvalue weighted by Crippen LogP contribution is 2.31. The molecule has 0 saturated heterocycles. The summed E-state index contributed by atoms with van der Waals surface area (Å²) in [6, 6.07) is 15.8. The molecule has 0 fully saturated rings. The molecule has 0 atom stereocenters. The Morgan fingerprint density at radius 1 is 1.19 bits per heavy atom. The molecule has 0 aliphatic heterocycles. The first-order valence-corrected chi connectivity index (χ1v) is 9.41. The van der Waals surface area contributed by atoms with Crippen molar-refractivity contribution in [1.82, 2.24) is 14.5 Å². The summed E-state index contributed by atoms with van der Waals surface area (Å²) in [5.41, 5.74) is 10.8. The van der Waals surface area contributed by atoms with Crippen LogP contribution >= 0.6 is 11.3 Å². The fourth-order valence-electron chi connectivity index (χ4n) is 3.09. The molecule has 3 aromatic heterocycles. The molecule has 0 radical (unpaired) electrons. The highest BCUT2D eigenvalue weighted by Gasteiger charge is 2.19. The number of hydrogen-bond donors (Lipinski definition) is 1.